The second-order valence-electron chi connectivity index (χ2n) is 26.2. The van der Waals surface area contributed by atoms with Gasteiger partial charge >= 0.3 is 0 Å². The highest BCUT2D eigenvalue weighted by atomic mass is 15.2. The molecule has 0 amide bonds. The molecule has 6 saturated heterocycles. The van der Waals surface area contributed by atoms with Crippen LogP contribution in [0.3, 0.4) is 0 Å². The van der Waals surface area contributed by atoms with Crippen molar-refractivity contribution in [3.05, 3.63) is 71.6 Å². The SMILES string of the molecule is C1=CC2C(CC3C=C4CC5=CC6C(N5)C(C5CCC7CCC8CCC(NC8C7N5)C2C3N4)C2C=C3CC4=CC5CC7NC=CC7C(C7CCC8CCC9CCC(NC9C8N7)C6C2N3)C5N4)N1. The van der Waals surface area contributed by atoms with Crippen LogP contribution >= 0.6 is 0 Å². The van der Waals surface area contributed by atoms with E-state index in [2.05, 4.69) is 91.4 Å². The maximum absolute atomic E-state index is 4.71. The van der Waals surface area contributed by atoms with Crippen molar-refractivity contribution in [1.29, 1.82) is 0 Å². The zero-order valence-electron chi connectivity index (χ0n) is 39.1. The second kappa shape index (κ2) is 14.3. The molecule has 0 aromatic rings. The van der Waals surface area contributed by atoms with Gasteiger partial charge in [-0.15, -0.1) is 0 Å². The molecule has 0 aromatic carbocycles. The van der Waals surface area contributed by atoms with Crippen molar-refractivity contribution in [2.24, 2.45) is 82.9 Å². The summed E-state index contributed by atoms with van der Waals surface area (Å²) in [5.41, 5.74) is 6.06. The summed E-state index contributed by atoms with van der Waals surface area (Å²) in [5, 5.41) is 44.1. The summed E-state index contributed by atoms with van der Waals surface area (Å²) in [6.07, 6.45) is 42.1. The zero-order valence-corrected chi connectivity index (χ0v) is 39.1. The van der Waals surface area contributed by atoms with Gasteiger partial charge in [0.25, 0.3) is 0 Å². The van der Waals surface area contributed by atoms with E-state index in [9.17, 15) is 0 Å². The molecule has 352 valence electrons. The molecule has 17 rings (SSSR count). The quantitative estimate of drug-likeness (QED) is 0.168. The van der Waals surface area contributed by atoms with Crippen LogP contribution in [0.4, 0.5) is 0 Å². The molecule has 17 aliphatic rings. The van der Waals surface area contributed by atoms with Crippen LogP contribution in [-0.4, -0.2) is 84.6 Å². The molecular formula is C56H78N10. The average molecular weight is 891 g/mol. The van der Waals surface area contributed by atoms with Crippen molar-refractivity contribution in [1.82, 2.24) is 53.2 Å². The van der Waals surface area contributed by atoms with Gasteiger partial charge in [-0.05, 0) is 126 Å². The van der Waals surface area contributed by atoms with Crippen LogP contribution in [0.5, 0.6) is 0 Å². The normalized spacial score (nSPS) is 58.7. The van der Waals surface area contributed by atoms with Crippen molar-refractivity contribution >= 4 is 0 Å². The van der Waals surface area contributed by atoms with E-state index in [0.717, 1.165) is 36.5 Å². The number of fused-ring (bicyclic) bond motifs is 18. The largest absolute Gasteiger partial charge is 0.388 e. The third kappa shape index (κ3) is 5.56. The van der Waals surface area contributed by atoms with Gasteiger partial charge in [-0.3, -0.25) is 0 Å². The first kappa shape index (κ1) is 38.9. The summed E-state index contributed by atoms with van der Waals surface area (Å²) >= 11 is 0. The van der Waals surface area contributed by atoms with Crippen LogP contribution < -0.4 is 53.2 Å². The molecule has 5 saturated carbocycles. The molecule has 5 aliphatic carbocycles. The Morgan fingerprint density at radius 3 is 1.05 bits per heavy atom. The summed E-state index contributed by atoms with van der Waals surface area (Å²) in [5.74, 6) is 9.03. The minimum atomic E-state index is 0.460. The molecule has 0 aromatic heterocycles. The molecule has 28 atom stereocenters. The fourth-order valence-corrected chi connectivity index (χ4v) is 21.3. The van der Waals surface area contributed by atoms with E-state index in [1.54, 1.807) is 0 Å². The molecule has 12 aliphatic heterocycles. The van der Waals surface area contributed by atoms with Gasteiger partial charge < -0.3 is 53.2 Å². The number of piperidine rings is 4. The van der Waals surface area contributed by atoms with Gasteiger partial charge in [0.2, 0.25) is 0 Å². The van der Waals surface area contributed by atoms with Gasteiger partial charge in [-0.2, -0.15) is 0 Å². The Bertz CT molecular complexity index is 2060. The standard InChI is InChI=1S/C56H78N10/c1-3-27-7-11-41-47-37-23-33-22-32-18-30-20-44-36(14-16-58-44)46(50(30)60-32)40-10-6-26-2-4-28-8-12-42(66-54(28)52(26)64-40)48(56(37)62-33)38-24-34(61-55(38)47)21-31-17-29-19-43-35(13-15-57-43)45(49(29)59-31)39-9-5-25(1)51(63-39)53(27)65-41/h13-18,23-30,35-66H,1-12,19-22H2. The van der Waals surface area contributed by atoms with E-state index < -0.39 is 0 Å². The highest BCUT2D eigenvalue weighted by Crippen LogP contribution is 2.56. The Balaban J connectivity index is 0.783. The van der Waals surface area contributed by atoms with Gasteiger partial charge in [0, 0.05) is 179 Å². The molecule has 0 spiro atoms. The van der Waals surface area contributed by atoms with Crippen molar-refractivity contribution < 1.29 is 0 Å². The predicted octanol–water partition coefficient (Wildman–Crippen LogP) is 4.71. The van der Waals surface area contributed by atoms with Crippen molar-refractivity contribution in [3.63, 3.8) is 0 Å². The van der Waals surface area contributed by atoms with E-state index in [0.29, 0.717) is 144 Å². The molecule has 12 heterocycles. The second-order valence-corrected chi connectivity index (χ2v) is 26.2. The number of rotatable bonds is 0. The molecule has 16 bridgehead atoms. The third-order valence-electron chi connectivity index (χ3n) is 23.7. The fraction of sp³-hybridized carbons (Fsp3) is 0.786. The van der Waals surface area contributed by atoms with Crippen LogP contribution in [0.1, 0.15) is 103 Å². The summed E-state index contributed by atoms with van der Waals surface area (Å²) in [6, 6.07) is 7.68. The summed E-state index contributed by atoms with van der Waals surface area (Å²) in [4.78, 5) is 0. The Hall–Kier alpha value is -2.92. The molecular weight excluding hydrogens is 813 g/mol. The molecule has 0 radical (unpaired) electrons. The minimum Gasteiger partial charge on any atom is -0.388 e. The lowest BCUT2D eigenvalue weighted by Crippen LogP contribution is -2.72. The fourth-order valence-electron chi connectivity index (χ4n) is 21.3. The zero-order chi connectivity index (χ0) is 42.5. The van der Waals surface area contributed by atoms with Crippen LogP contribution in [0, 0.1) is 82.9 Å². The molecule has 10 heteroatoms. The van der Waals surface area contributed by atoms with Gasteiger partial charge in [0.1, 0.15) is 0 Å². The maximum atomic E-state index is 4.71. The van der Waals surface area contributed by atoms with Gasteiger partial charge in [-0.25, -0.2) is 0 Å². The third-order valence-corrected chi connectivity index (χ3v) is 23.7. The summed E-state index contributed by atoms with van der Waals surface area (Å²) in [6.45, 7) is 0. The number of hydrogen-bond acceptors (Lipinski definition) is 10. The summed E-state index contributed by atoms with van der Waals surface area (Å²) < 4.78 is 0. The Morgan fingerprint density at radius 1 is 0.318 bits per heavy atom. The van der Waals surface area contributed by atoms with Crippen molar-refractivity contribution in [2.75, 3.05) is 0 Å². The highest BCUT2D eigenvalue weighted by molar-refractivity contribution is 5.36. The maximum Gasteiger partial charge on any atom is 0.0375 e. The Labute approximate surface area is 393 Å². The molecule has 10 nitrogen and oxygen atoms in total. The van der Waals surface area contributed by atoms with E-state index >= 15 is 0 Å². The van der Waals surface area contributed by atoms with Crippen LogP contribution in [-0.2, 0) is 0 Å². The first-order valence-electron chi connectivity index (χ1n) is 28.4. The summed E-state index contributed by atoms with van der Waals surface area (Å²) in [7, 11) is 0. The van der Waals surface area contributed by atoms with Gasteiger partial charge in [-0.1, -0.05) is 36.5 Å². The highest BCUT2D eigenvalue weighted by Gasteiger charge is 2.62. The van der Waals surface area contributed by atoms with E-state index in [4.69, 9.17) is 10.6 Å². The lowest BCUT2D eigenvalue weighted by Gasteiger charge is -2.59. The molecule has 11 fully saturated rings. The van der Waals surface area contributed by atoms with E-state index in [-0.39, 0.29) is 0 Å². The molecule has 28 unspecified atom stereocenters. The van der Waals surface area contributed by atoms with Crippen LogP contribution in [0.2, 0.25) is 0 Å². The van der Waals surface area contributed by atoms with Crippen molar-refractivity contribution in [3.8, 4) is 0 Å². The monoisotopic (exact) mass is 891 g/mol. The average Bonchev–Trinajstić information content (AvgIpc) is 4.21. The van der Waals surface area contributed by atoms with Crippen LogP contribution in [0.15, 0.2) is 71.6 Å². The molecule has 10 N–H and O–H groups in total. The Morgan fingerprint density at radius 2 is 0.652 bits per heavy atom. The topological polar surface area (TPSA) is 120 Å². The lowest BCUT2D eigenvalue weighted by molar-refractivity contribution is -0.0144. The van der Waals surface area contributed by atoms with Crippen molar-refractivity contribution in [2.45, 2.75) is 187 Å². The van der Waals surface area contributed by atoms with Gasteiger partial charge in [0.05, 0.1) is 0 Å². The number of nitrogens with one attached hydrogen (secondary N) is 10. The van der Waals surface area contributed by atoms with E-state index in [1.165, 1.54) is 113 Å². The Kier molecular flexibility index (Phi) is 8.45. The smallest absolute Gasteiger partial charge is 0.0375 e. The first-order valence-corrected chi connectivity index (χ1v) is 28.4. The number of hydrogen-bond donors (Lipinski definition) is 10. The minimum absolute atomic E-state index is 0.460. The van der Waals surface area contributed by atoms with Gasteiger partial charge in [0.15, 0.2) is 0 Å². The van der Waals surface area contributed by atoms with E-state index in [1.807, 2.05) is 0 Å². The predicted molar refractivity (Wildman–Crippen MR) is 258 cm³/mol. The lowest BCUT2D eigenvalue weighted by atomic mass is 9.56. The molecule has 66 heavy (non-hydrogen) atoms. The van der Waals surface area contributed by atoms with Crippen LogP contribution in [0.25, 0.3) is 0 Å². The first-order chi connectivity index (χ1) is 32.6.